The van der Waals surface area contributed by atoms with Crippen LogP contribution in [0.3, 0.4) is 0 Å². The van der Waals surface area contributed by atoms with E-state index in [1.54, 1.807) is 11.1 Å². The highest BCUT2D eigenvalue weighted by atomic mass is 14.4. The van der Waals surface area contributed by atoms with Crippen LogP contribution in [0.2, 0.25) is 0 Å². The van der Waals surface area contributed by atoms with Crippen LogP contribution in [-0.2, 0) is 0 Å². The Bertz CT molecular complexity index is 247. The maximum atomic E-state index is 4.21. The van der Waals surface area contributed by atoms with Gasteiger partial charge in [0.1, 0.15) is 0 Å². The summed E-state index contributed by atoms with van der Waals surface area (Å²) in [5.41, 5.74) is 3.29. The van der Waals surface area contributed by atoms with Gasteiger partial charge in [-0.1, -0.05) is 23.8 Å². The van der Waals surface area contributed by atoms with Gasteiger partial charge in [-0.25, -0.2) is 0 Å². The molecule has 4 aliphatic carbocycles. The Morgan fingerprint density at radius 3 is 2.91 bits per heavy atom. The second kappa shape index (κ2) is 1.80. The quantitative estimate of drug-likeness (QED) is 0.461. The van der Waals surface area contributed by atoms with Crippen LogP contribution in [0.25, 0.3) is 0 Å². The van der Waals surface area contributed by atoms with E-state index in [2.05, 4.69) is 12.7 Å². The average Bonchev–Trinajstić information content (AvgIpc) is 1.98. The highest BCUT2D eigenvalue weighted by Crippen LogP contribution is 2.52. The summed E-state index contributed by atoms with van der Waals surface area (Å²) in [4.78, 5) is 0. The van der Waals surface area contributed by atoms with E-state index >= 15 is 0 Å². The van der Waals surface area contributed by atoms with Gasteiger partial charge in [-0.3, -0.25) is 0 Å². The van der Waals surface area contributed by atoms with E-state index in [0.717, 1.165) is 17.8 Å². The third-order valence-electron chi connectivity index (χ3n) is 3.70. The van der Waals surface area contributed by atoms with Crippen LogP contribution in [0.1, 0.15) is 25.7 Å². The molecule has 0 aromatic heterocycles. The number of hydrogen-bond donors (Lipinski definition) is 0. The first-order valence-electron chi connectivity index (χ1n) is 4.71. The molecule has 0 nitrogen and oxygen atoms in total. The fourth-order valence-electron chi connectivity index (χ4n) is 3.21. The molecular formula is C11H14. The Balaban J connectivity index is 2.10. The summed E-state index contributed by atoms with van der Waals surface area (Å²) < 4.78 is 0. The molecule has 11 heavy (non-hydrogen) atoms. The summed E-state index contributed by atoms with van der Waals surface area (Å²) in [5, 5.41) is 0. The molecule has 0 radical (unpaired) electrons. The second-order valence-corrected chi connectivity index (χ2v) is 4.45. The Morgan fingerprint density at radius 1 is 1.27 bits per heavy atom. The zero-order valence-corrected chi connectivity index (χ0v) is 6.84. The van der Waals surface area contributed by atoms with Crippen LogP contribution in [0.4, 0.5) is 0 Å². The van der Waals surface area contributed by atoms with Gasteiger partial charge in [-0.15, -0.1) is 0 Å². The minimum Gasteiger partial charge on any atom is -0.0990 e. The summed E-state index contributed by atoms with van der Waals surface area (Å²) in [6, 6.07) is 0. The molecule has 0 heterocycles. The van der Waals surface area contributed by atoms with Crippen LogP contribution >= 0.6 is 0 Å². The van der Waals surface area contributed by atoms with Crippen molar-refractivity contribution in [2.75, 3.05) is 0 Å². The number of hydrogen-bond acceptors (Lipinski definition) is 0. The van der Waals surface area contributed by atoms with Crippen molar-refractivity contribution in [1.82, 2.24) is 0 Å². The Morgan fingerprint density at radius 2 is 2.18 bits per heavy atom. The fraction of sp³-hybridized carbons (Fsp3) is 0.636. The molecule has 0 amide bonds. The van der Waals surface area contributed by atoms with Crippen LogP contribution in [0.5, 0.6) is 0 Å². The first-order valence-corrected chi connectivity index (χ1v) is 4.71. The topological polar surface area (TPSA) is 0 Å². The molecular weight excluding hydrogens is 132 g/mol. The maximum Gasteiger partial charge on any atom is -0.00177 e. The molecule has 0 aromatic rings. The predicted molar refractivity (Wildman–Crippen MR) is 46.2 cm³/mol. The van der Waals surface area contributed by atoms with Crippen molar-refractivity contribution in [3.8, 4) is 0 Å². The lowest BCUT2D eigenvalue weighted by atomic mass is 9.59. The van der Waals surface area contributed by atoms with Crippen LogP contribution in [0.15, 0.2) is 23.8 Å². The first kappa shape index (κ1) is 6.05. The van der Waals surface area contributed by atoms with Gasteiger partial charge in [-0.05, 0) is 43.4 Å². The largest absolute Gasteiger partial charge is 0.0990 e. The zero-order valence-electron chi connectivity index (χ0n) is 6.84. The SMILES string of the molecule is C=C1C2C=C3CC(C2)CC1C3. The van der Waals surface area contributed by atoms with E-state index in [1.807, 2.05) is 0 Å². The Kier molecular flexibility index (Phi) is 0.988. The van der Waals surface area contributed by atoms with Gasteiger partial charge < -0.3 is 0 Å². The maximum absolute atomic E-state index is 4.21. The lowest BCUT2D eigenvalue weighted by molar-refractivity contribution is 0.233. The van der Waals surface area contributed by atoms with E-state index in [4.69, 9.17) is 0 Å². The molecule has 58 valence electrons. The first-order chi connectivity index (χ1) is 5.33. The van der Waals surface area contributed by atoms with E-state index in [1.165, 1.54) is 25.7 Å². The Hall–Kier alpha value is -0.520. The standard InChI is InChI=1S/C11H14/c1-7-10-3-8-2-9(5-10)6-11(7)4-8/h3,9-11H,1-2,4-6H2. The van der Waals surface area contributed by atoms with Gasteiger partial charge in [0, 0.05) is 0 Å². The van der Waals surface area contributed by atoms with Crippen LogP contribution < -0.4 is 0 Å². The average molecular weight is 146 g/mol. The van der Waals surface area contributed by atoms with Gasteiger partial charge >= 0.3 is 0 Å². The molecule has 4 rings (SSSR count). The van der Waals surface area contributed by atoms with Crippen molar-refractivity contribution in [3.05, 3.63) is 23.8 Å². The van der Waals surface area contributed by atoms with E-state index in [9.17, 15) is 0 Å². The van der Waals surface area contributed by atoms with Gasteiger partial charge in [-0.2, -0.15) is 0 Å². The van der Waals surface area contributed by atoms with E-state index < -0.39 is 0 Å². The van der Waals surface area contributed by atoms with Crippen molar-refractivity contribution < 1.29 is 0 Å². The minimum atomic E-state index is 0.788. The number of allylic oxidation sites excluding steroid dienone is 3. The Labute approximate surface area is 68.0 Å². The fourth-order valence-corrected chi connectivity index (χ4v) is 3.21. The van der Waals surface area contributed by atoms with Crippen molar-refractivity contribution >= 4 is 0 Å². The van der Waals surface area contributed by atoms with Crippen molar-refractivity contribution in [3.63, 3.8) is 0 Å². The summed E-state index contributed by atoms with van der Waals surface area (Å²) in [5.74, 6) is 2.70. The summed E-state index contributed by atoms with van der Waals surface area (Å²) in [6.45, 7) is 4.21. The zero-order chi connectivity index (χ0) is 7.42. The van der Waals surface area contributed by atoms with Crippen molar-refractivity contribution in [2.24, 2.45) is 17.8 Å². The minimum absolute atomic E-state index is 0.788. The molecule has 0 saturated heterocycles. The second-order valence-electron chi connectivity index (χ2n) is 4.45. The summed E-state index contributed by atoms with van der Waals surface area (Å²) in [7, 11) is 0. The molecule has 0 aromatic carbocycles. The highest BCUT2D eigenvalue weighted by Gasteiger charge is 2.39. The van der Waals surface area contributed by atoms with Gasteiger partial charge in [0.15, 0.2) is 0 Å². The molecule has 0 N–H and O–H groups in total. The third kappa shape index (κ3) is 0.702. The van der Waals surface area contributed by atoms with Gasteiger partial charge in [0.25, 0.3) is 0 Å². The van der Waals surface area contributed by atoms with Crippen molar-refractivity contribution in [2.45, 2.75) is 25.7 Å². The molecule has 4 bridgehead atoms. The predicted octanol–water partition coefficient (Wildman–Crippen LogP) is 2.92. The summed E-state index contributed by atoms with van der Waals surface area (Å²) in [6.07, 6.45) is 8.13. The molecule has 4 aliphatic rings. The van der Waals surface area contributed by atoms with Crippen LogP contribution in [0, 0.1) is 17.8 Å². The van der Waals surface area contributed by atoms with Gasteiger partial charge in [0.05, 0.1) is 0 Å². The molecule has 0 spiro atoms. The highest BCUT2D eigenvalue weighted by molar-refractivity contribution is 5.30. The molecule has 0 heteroatoms. The third-order valence-corrected chi connectivity index (χ3v) is 3.70. The van der Waals surface area contributed by atoms with Gasteiger partial charge in [0.2, 0.25) is 0 Å². The lowest BCUT2D eigenvalue weighted by Gasteiger charge is -2.46. The monoisotopic (exact) mass is 146 g/mol. The molecule has 2 fully saturated rings. The molecule has 2 saturated carbocycles. The smallest absolute Gasteiger partial charge is 0.00177 e. The molecule has 0 aliphatic heterocycles. The summed E-state index contributed by atoms with van der Waals surface area (Å²) >= 11 is 0. The van der Waals surface area contributed by atoms with Crippen molar-refractivity contribution in [1.29, 1.82) is 0 Å². The molecule has 3 unspecified atom stereocenters. The van der Waals surface area contributed by atoms with E-state index in [0.29, 0.717) is 0 Å². The molecule has 3 atom stereocenters. The lowest BCUT2D eigenvalue weighted by Crippen LogP contribution is -2.33. The normalized spacial score (nSPS) is 46.4. The van der Waals surface area contributed by atoms with E-state index in [-0.39, 0.29) is 0 Å². The van der Waals surface area contributed by atoms with Crippen LogP contribution in [-0.4, -0.2) is 0 Å². The number of rotatable bonds is 0.